The summed E-state index contributed by atoms with van der Waals surface area (Å²) >= 11 is 0. The number of ether oxygens (including phenoxy) is 2. The molecule has 8 nitrogen and oxygen atoms in total. The van der Waals surface area contributed by atoms with Gasteiger partial charge in [0.05, 0.1) is 41.6 Å². The van der Waals surface area contributed by atoms with Crippen molar-refractivity contribution in [1.29, 1.82) is 0 Å². The third kappa shape index (κ3) is 7.76. The van der Waals surface area contributed by atoms with Gasteiger partial charge in [-0.3, -0.25) is 4.90 Å². The molecular weight excluding hydrogens is 650 g/mol. The number of nitrogens with zero attached hydrogens (tertiary/aromatic N) is 2. The number of rotatable bonds is 8. The number of hydrogen-bond acceptors (Lipinski definition) is 7. The molecule has 2 saturated heterocycles. The summed E-state index contributed by atoms with van der Waals surface area (Å²) in [4.78, 5) is 2.15. The molecule has 3 aliphatic rings. The highest BCUT2D eigenvalue weighted by Gasteiger charge is 2.50. The fourth-order valence-electron chi connectivity index (χ4n) is 6.68. The molecule has 0 bridgehead atoms. The van der Waals surface area contributed by atoms with Gasteiger partial charge in [-0.1, -0.05) is 12.0 Å². The summed E-state index contributed by atoms with van der Waals surface area (Å²) in [5, 5.41) is 6.77. The Hall–Kier alpha value is -3.61. The summed E-state index contributed by atoms with van der Waals surface area (Å²) < 4.78 is 114. The van der Waals surface area contributed by atoms with Crippen molar-refractivity contribution in [2.24, 2.45) is 5.41 Å². The summed E-state index contributed by atoms with van der Waals surface area (Å²) in [7, 11) is -3.82. The second-order valence-electron chi connectivity index (χ2n) is 12.7. The highest BCUT2D eigenvalue weighted by Crippen LogP contribution is 2.41. The minimum absolute atomic E-state index is 0.0861. The Kier molecular flexibility index (Phi) is 8.82. The van der Waals surface area contributed by atoms with E-state index in [0.717, 1.165) is 81.0 Å². The van der Waals surface area contributed by atoms with Gasteiger partial charge >= 0.3 is 12.5 Å². The van der Waals surface area contributed by atoms with Gasteiger partial charge in [0.2, 0.25) is 0 Å². The number of sulfone groups is 1. The van der Waals surface area contributed by atoms with Crippen LogP contribution in [-0.4, -0.2) is 81.6 Å². The second kappa shape index (κ2) is 12.4. The van der Waals surface area contributed by atoms with Crippen LogP contribution in [0.1, 0.15) is 31.4 Å². The number of likely N-dealkylation sites (tertiary alicyclic amines) is 1. The first-order chi connectivity index (χ1) is 22.1. The molecule has 1 spiro atoms. The quantitative estimate of drug-likeness (QED) is 0.222. The number of fused-ring (bicyclic) bond motifs is 1. The Morgan fingerprint density at radius 1 is 1.00 bits per heavy atom. The SMILES string of the molecule is CS(=O)(=O)c1ccc(NCC#Cc2cc3c(N[C@H]4CC[C@@H](N5CC6(COC6)C5)CC4)cccc3n2CC(F)(F)F)c(OC(F)(F)F)c1. The maximum Gasteiger partial charge on any atom is 0.573 e. The number of hydrogen-bond donors (Lipinski definition) is 2. The lowest BCUT2D eigenvalue weighted by molar-refractivity contribution is -0.274. The summed E-state index contributed by atoms with van der Waals surface area (Å²) in [5.74, 6) is 4.62. The summed E-state index contributed by atoms with van der Waals surface area (Å²) in [5.41, 5.74) is 1.32. The Morgan fingerprint density at radius 3 is 2.34 bits per heavy atom. The molecule has 1 aromatic heterocycles. The average Bonchev–Trinajstić information content (AvgIpc) is 3.26. The molecule has 2 N–H and O–H groups in total. The molecule has 0 radical (unpaired) electrons. The number of benzene rings is 2. The van der Waals surface area contributed by atoms with Gasteiger partial charge in [0.1, 0.15) is 6.54 Å². The molecule has 3 heterocycles. The first kappa shape index (κ1) is 33.3. The van der Waals surface area contributed by atoms with Crippen LogP contribution in [0.25, 0.3) is 10.9 Å². The largest absolute Gasteiger partial charge is 0.573 e. The third-order valence-corrected chi connectivity index (χ3v) is 10.1. The normalized spacial score (nSPS) is 21.4. The van der Waals surface area contributed by atoms with Crippen molar-refractivity contribution in [2.75, 3.05) is 49.7 Å². The molecule has 1 saturated carbocycles. The van der Waals surface area contributed by atoms with E-state index in [1.165, 1.54) is 0 Å². The fraction of sp³-hybridized carbons (Fsp3) is 0.500. The van der Waals surface area contributed by atoms with Gasteiger partial charge in [-0.15, -0.1) is 13.2 Å². The van der Waals surface area contributed by atoms with Crippen LogP contribution in [0, 0.1) is 17.3 Å². The van der Waals surface area contributed by atoms with Crippen LogP contribution in [-0.2, 0) is 21.1 Å². The molecule has 15 heteroatoms. The van der Waals surface area contributed by atoms with Gasteiger partial charge in [-0.25, -0.2) is 8.42 Å². The number of halogens is 6. The van der Waals surface area contributed by atoms with E-state index in [-0.39, 0.29) is 28.9 Å². The fourth-order valence-corrected chi connectivity index (χ4v) is 7.31. The van der Waals surface area contributed by atoms with E-state index in [4.69, 9.17) is 4.74 Å². The van der Waals surface area contributed by atoms with E-state index in [2.05, 4.69) is 32.1 Å². The van der Waals surface area contributed by atoms with E-state index in [9.17, 15) is 34.8 Å². The summed E-state index contributed by atoms with van der Waals surface area (Å²) in [6.07, 6.45) is -4.83. The first-order valence-corrected chi connectivity index (χ1v) is 17.1. The molecule has 6 rings (SSSR count). The maximum atomic E-state index is 13.7. The van der Waals surface area contributed by atoms with Crippen LogP contribution in [0.3, 0.4) is 0 Å². The summed E-state index contributed by atoms with van der Waals surface area (Å²) in [6, 6.07) is 10.4. The topological polar surface area (TPSA) is 84.8 Å². The zero-order valence-corrected chi connectivity index (χ0v) is 26.3. The minimum Gasteiger partial charge on any atom is -0.404 e. The molecule has 0 amide bonds. The monoisotopic (exact) mass is 684 g/mol. The standard InChI is InChI=1S/C32H34F6N4O4S/c1-47(43,44)24-11-12-27(29(15-24)46-32(36,37)38)39-13-3-4-23-14-25-26(5-2-6-28(25)42(23)18-31(33,34)35)40-21-7-9-22(10-8-21)41-16-30(17-41)19-45-20-30/h2,5-6,11-12,14-15,21-22,39-40H,7-10,13,16-20H2,1H3/t21-,22+. The predicted octanol–water partition coefficient (Wildman–Crippen LogP) is 6.02. The van der Waals surface area contributed by atoms with Crippen molar-refractivity contribution in [2.45, 2.75) is 61.7 Å². The summed E-state index contributed by atoms with van der Waals surface area (Å²) in [6.45, 7) is 2.32. The number of alkyl halides is 6. The van der Waals surface area contributed by atoms with Crippen molar-refractivity contribution in [3.63, 3.8) is 0 Å². The van der Waals surface area contributed by atoms with Crippen LogP contribution >= 0.6 is 0 Å². The number of nitrogens with one attached hydrogen (secondary N) is 2. The highest BCUT2D eigenvalue weighted by atomic mass is 32.2. The zero-order chi connectivity index (χ0) is 33.6. The zero-order valence-electron chi connectivity index (χ0n) is 25.5. The Bertz CT molecular complexity index is 1790. The van der Waals surface area contributed by atoms with Crippen molar-refractivity contribution in [3.05, 3.63) is 48.2 Å². The van der Waals surface area contributed by atoms with Crippen molar-refractivity contribution >= 4 is 32.1 Å². The van der Waals surface area contributed by atoms with E-state index < -0.39 is 34.7 Å². The molecule has 3 aromatic rings. The predicted molar refractivity (Wildman–Crippen MR) is 164 cm³/mol. The first-order valence-electron chi connectivity index (χ1n) is 15.2. The molecule has 2 aromatic carbocycles. The number of aromatic nitrogens is 1. The van der Waals surface area contributed by atoms with E-state index in [1.807, 2.05) is 6.07 Å². The van der Waals surface area contributed by atoms with Gasteiger partial charge < -0.3 is 24.7 Å². The molecule has 3 fully saturated rings. The molecular formula is C32H34F6N4O4S. The molecule has 0 unspecified atom stereocenters. The minimum atomic E-state index is -5.09. The van der Waals surface area contributed by atoms with Crippen LogP contribution < -0.4 is 15.4 Å². The smallest absolute Gasteiger partial charge is 0.404 e. The number of anilines is 2. The van der Waals surface area contributed by atoms with Crippen LogP contribution in [0.4, 0.5) is 37.7 Å². The van der Waals surface area contributed by atoms with Crippen LogP contribution in [0.15, 0.2) is 47.4 Å². The van der Waals surface area contributed by atoms with E-state index >= 15 is 0 Å². The van der Waals surface area contributed by atoms with Gasteiger partial charge in [-0.05, 0) is 61.9 Å². The Morgan fingerprint density at radius 2 is 1.72 bits per heavy atom. The van der Waals surface area contributed by atoms with Gasteiger partial charge in [0.15, 0.2) is 15.6 Å². The van der Waals surface area contributed by atoms with E-state index in [0.29, 0.717) is 28.0 Å². The van der Waals surface area contributed by atoms with Crippen LogP contribution in [0.2, 0.25) is 0 Å². The van der Waals surface area contributed by atoms with Crippen molar-refractivity contribution in [3.8, 4) is 17.6 Å². The Labute approximate surface area is 268 Å². The third-order valence-electron chi connectivity index (χ3n) is 8.94. The van der Waals surface area contributed by atoms with Gasteiger partial charge in [0, 0.05) is 54.0 Å². The maximum absolute atomic E-state index is 13.7. The molecule has 254 valence electrons. The molecule has 2 aliphatic heterocycles. The van der Waals surface area contributed by atoms with Crippen molar-refractivity contribution in [1.82, 2.24) is 9.47 Å². The molecule has 0 atom stereocenters. The lowest BCUT2D eigenvalue weighted by atomic mass is 9.75. The highest BCUT2D eigenvalue weighted by molar-refractivity contribution is 7.90. The lowest BCUT2D eigenvalue weighted by Crippen LogP contribution is -2.68. The van der Waals surface area contributed by atoms with Gasteiger partial charge in [0.25, 0.3) is 0 Å². The van der Waals surface area contributed by atoms with Gasteiger partial charge in [-0.2, -0.15) is 13.2 Å². The average molecular weight is 685 g/mol. The van der Waals surface area contributed by atoms with Crippen molar-refractivity contribution < 1.29 is 44.2 Å². The van der Waals surface area contributed by atoms with E-state index in [1.54, 1.807) is 18.2 Å². The lowest BCUT2D eigenvalue weighted by Gasteiger charge is -2.58. The molecule has 1 aliphatic carbocycles. The molecule has 47 heavy (non-hydrogen) atoms. The Balaban J connectivity index is 1.17. The van der Waals surface area contributed by atoms with Crippen LogP contribution in [0.5, 0.6) is 5.75 Å². The second-order valence-corrected chi connectivity index (χ2v) is 14.7.